The van der Waals surface area contributed by atoms with Gasteiger partial charge in [-0.1, -0.05) is 30.5 Å². The highest BCUT2D eigenvalue weighted by Gasteiger charge is 2.40. The summed E-state index contributed by atoms with van der Waals surface area (Å²) in [5.41, 5.74) is 2.90. The molecule has 1 aliphatic carbocycles. The fourth-order valence-electron chi connectivity index (χ4n) is 3.22. The fraction of sp³-hybridized carbons (Fsp3) is 0.429. The van der Waals surface area contributed by atoms with Crippen LogP contribution in [0.5, 0.6) is 0 Å². The maximum Gasteiger partial charge on any atom is 0.0795 e. The molecule has 1 fully saturated rings. The third-order valence-corrected chi connectivity index (χ3v) is 3.79. The van der Waals surface area contributed by atoms with E-state index in [1.807, 2.05) is 0 Å². The largest absolute Gasteiger partial charge is 0.357 e. The summed E-state index contributed by atoms with van der Waals surface area (Å²) in [6.45, 7) is 0.762. The van der Waals surface area contributed by atoms with Crippen LogP contribution in [0.15, 0.2) is 24.3 Å². The number of rotatable bonds is 1. The molecule has 0 amide bonds. The van der Waals surface area contributed by atoms with E-state index in [0.717, 1.165) is 12.5 Å². The molecule has 0 spiro atoms. The average Bonchev–Trinajstić information content (AvgIpc) is 2.82. The molecule has 1 nitrogen and oxygen atoms in total. The molecule has 2 atom stereocenters. The number of terminal acetylenes is 1. The summed E-state index contributed by atoms with van der Waals surface area (Å²) in [5, 5.41) is 0. The molecule has 0 radical (unpaired) electrons. The molecule has 1 saturated carbocycles. The van der Waals surface area contributed by atoms with Gasteiger partial charge in [-0.3, -0.25) is 0 Å². The molecule has 15 heavy (non-hydrogen) atoms. The Bertz CT molecular complexity index is 416. The van der Waals surface area contributed by atoms with Crippen LogP contribution in [0.1, 0.15) is 30.7 Å². The molecule has 1 aromatic rings. The Morgan fingerprint density at radius 2 is 2.20 bits per heavy atom. The smallest absolute Gasteiger partial charge is 0.0795 e. The van der Waals surface area contributed by atoms with Gasteiger partial charge in [0.05, 0.1) is 6.54 Å². The van der Waals surface area contributed by atoms with Gasteiger partial charge in [-0.2, -0.15) is 0 Å². The van der Waals surface area contributed by atoms with Gasteiger partial charge in [0.15, 0.2) is 0 Å². The lowest BCUT2D eigenvalue weighted by atomic mass is 9.98. The van der Waals surface area contributed by atoms with Crippen molar-refractivity contribution in [3.05, 3.63) is 29.8 Å². The Labute approximate surface area is 91.1 Å². The molecule has 0 N–H and O–H groups in total. The van der Waals surface area contributed by atoms with E-state index in [4.69, 9.17) is 6.42 Å². The molecule has 2 aliphatic rings. The minimum atomic E-state index is 0.679. The minimum Gasteiger partial charge on any atom is -0.357 e. The first-order valence-electron chi connectivity index (χ1n) is 5.71. The van der Waals surface area contributed by atoms with Gasteiger partial charge in [0.2, 0.25) is 0 Å². The molecule has 0 aromatic heterocycles. The molecule has 0 bridgehead atoms. The first-order valence-corrected chi connectivity index (χ1v) is 5.71. The summed E-state index contributed by atoms with van der Waals surface area (Å²) in [7, 11) is 0. The number of hydrogen-bond acceptors (Lipinski definition) is 1. The van der Waals surface area contributed by atoms with E-state index in [0.29, 0.717) is 6.04 Å². The molecule has 3 rings (SSSR count). The van der Waals surface area contributed by atoms with Gasteiger partial charge in [0, 0.05) is 17.6 Å². The Hall–Kier alpha value is -1.42. The van der Waals surface area contributed by atoms with Crippen LogP contribution in [-0.4, -0.2) is 12.6 Å². The van der Waals surface area contributed by atoms with Crippen LogP contribution < -0.4 is 4.90 Å². The van der Waals surface area contributed by atoms with Crippen LogP contribution in [0.4, 0.5) is 5.69 Å². The quantitative estimate of drug-likeness (QED) is 0.626. The van der Waals surface area contributed by atoms with Crippen molar-refractivity contribution in [1.82, 2.24) is 0 Å². The van der Waals surface area contributed by atoms with Crippen LogP contribution >= 0.6 is 0 Å². The standard InChI is InChI=1S/C14H15N/c1-2-10-15-13-8-4-3-6-11(13)12-7-5-9-14(12)15/h1,3-4,6,8,12,14H,5,7,9-10H2. The topological polar surface area (TPSA) is 3.24 Å². The van der Waals surface area contributed by atoms with E-state index in [2.05, 4.69) is 35.1 Å². The Morgan fingerprint density at radius 1 is 1.33 bits per heavy atom. The molecular formula is C14H15N. The van der Waals surface area contributed by atoms with E-state index >= 15 is 0 Å². The van der Waals surface area contributed by atoms with E-state index < -0.39 is 0 Å². The van der Waals surface area contributed by atoms with Crippen molar-refractivity contribution < 1.29 is 0 Å². The van der Waals surface area contributed by atoms with Crippen molar-refractivity contribution in [2.45, 2.75) is 31.2 Å². The van der Waals surface area contributed by atoms with Gasteiger partial charge >= 0.3 is 0 Å². The normalized spacial score (nSPS) is 27.3. The number of benzene rings is 1. The molecular weight excluding hydrogens is 182 g/mol. The van der Waals surface area contributed by atoms with Gasteiger partial charge < -0.3 is 4.90 Å². The number of hydrogen-bond donors (Lipinski definition) is 0. The highest BCUT2D eigenvalue weighted by molar-refractivity contribution is 5.63. The van der Waals surface area contributed by atoms with Gasteiger partial charge in [0.25, 0.3) is 0 Å². The molecule has 2 unspecified atom stereocenters. The van der Waals surface area contributed by atoms with Crippen LogP contribution in [0.2, 0.25) is 0 Å². The van der Waals surface area contributed by atoms with Crippen LogP contribution in [-0.2, 0) is 0 Å². The summed E-state index contributed by atoms with van der Waals surface area (Å²) < 4.78 is 0. The average molecular weight is 197 g/mol. The second kappa shape index (κ2) is 3.31. The summed E-state index contributed by atoms with van der Waals surface area (Å²) >= 11 is 0. The Balaban J connectivity index is 2.06. The zero-order valence-corrected chi connectivity index (χ0v) is 8.82. The SMILES string of the molecule is C#CCN1c2ccccc2C2CCCC21. The number of fused-ring (bicyclic) bond motifs is 3. The molecule has 1 aliphatic heterocycles. The van der Waals surface area contributed by atoms with E-state index in [1.165, 1.54) is 30.5 Å². The molecule has 1 aromatic carbocycles. The van der Waals surface area contributed by atoms with Crippen LogP contribution in [0.25, 0.3) is 0 Å². The van der Waals surface area contributed by atoms with Gasteiger partial charge in [0.1, 0.15) is 0 Å². The van der Waals surface area contributed by atoms with Crippen molar-refractivity contribution in [3.63, 3.8) is 0 Å². The summed E-state index contributed by atoms with van der Waals surface area (Å²) in [6.07, 6.45) is 9.45. The number of nitrogens with zero attached hydrogens (tertiary/aromatic N) is 1. The van der Waals surface area contributed by atoms with Crippen LogP contribution in [0.3, 0.4) is 0 Å². The molecule has 1 heterocycles. The highest BCUT2D eigenvalue weighted by atomic mass is 15.2. The second-order valence-electron chi connectivity index (χ2n) is 4.50. The van der Waals surface area contributed by atoms with Crippen molar-refractivity contribution in [2.75, 3.05) is 11.4 Å². The van der Waals surface area contributed by atoms with Gasteiger partial charge in [-0.05, 0) is 24.5 Å². The Kier molecular flexibility index (Phi) is 1.95. The number of anilines is 1. The summed E-state index contributed by atoms with van der Waals surface area (Å²) in [4.78, 5) is 2.42. The number of para-hydroxylation sites is 1. The maximum atomic E-state index is 5.46. The summed E-state index contributed by atoms with van der Waals surface area (Å²) in [5.74, 6) is 3.53. The molecule has 0 saturated heterocycles. The van der Waals surface area contributed by atoms with Crippen molar-refractivity contribution in [1.29, 1.82) is 0 Å². The lowest BCUT2D eigenvalue weighted by Crippen LogP contribution is -2.31. The van der Waals surface area contributed by atoms with Crippen molar-refractivity contribution >= 4 is 5.69 Å². The maximum absolute atomic E-state index is 5.46. The zero-order chi connectivity index (χ0) is 10.3. The van der Waals surface area contributed by atoms with Crippen molar-refractivity contribution in [2.24, 2.45) is 0 Å². The first-order chi connectivity index (χ1) is 7.42. The highest BCUT2D eigenvalue weighted by Crippen LogP contribution is 2.48. The van der Waals surface area contributed by atoms with Crippen LogP contribution in [0, 0.1) is 12.3 Å². The fourth-order valence-corrected chi connectivity index (χ4v) is 3.22. The molecule has 1 heteroatoms. The zero-order valence-electron chi connectivity index (χ0n) is 8.82. The minimum absolute atomic E-state index is 0.679. The molecule has 76 valence electrons. The lowest BCUT2D eigenvalue weighted by molar-refractivity contribution is 0.612. The lowest BCUT2D eigenvalue weighted by Gasteiger charge is -2.24. The van der Waals surface area contributed by atoms with Gasteiger partial charge in [-0.15, -0.1) is 6.42 Å². The third-order valence-electron chi connectivity index (χ3n) is 3.79. The second-order valence-corrected chi connectivity index (χ2v) is 4.50. The predicted octanol–water partition coefficient (Wildman–Crippen LogP) is 2.78. The predicted molar refractivity (Wildman–Crippen MR) is 63.0 cm³/mol. The first kappa shape index (κ1) is 8.85. The third kappa shape index (κ3) is 1.18. The van der Waals surface area contributed by atoms with Gasteiger partial charge in [-0.25, -0.2) is 0 Å². The summed E-state index contributed by atoms with van der Waals surface area (Å²) in [6, 6.07) is 9.43. The van der Waals surface area contributed by atoms with E-state index in [1.54, 1.807) is 0 Å². The van der Waals surface area contributed by atoms with E-state index in [9.17, 15) is 0 Å². The van der Waals surface area contributed by atoms with Crippen molar-refractivity contribution in [3.8, 4) is 12.3 Å². The van der Waals surface area contributed by atoms with E-state index in [-0.39, 0.29) is 0 Å². The monoisotopic (exact) mass is 197 g/mol. The Morgan fingerprint density at radius 3 is 3.07 bits per heavy atom.